The van der Waals surface area contributed by atoms with Gasteiger partial charge in [-0.2, -0.15) is 10.2 Å². The van der Waals surface area contributed by atoms with Gasteiger partial charge in [-0.1, -0.05) is 0 Å². The highest BCUT2D eigenvalue weighted by molar-refractivity contribution is 5.93. The van der Waals surface area contributed by atoms with Crippen molar-refractivity contribution in [3.05, 3.63) is 23.1 Å². The topological polar surface area (TPSA) is 102 Å². The van der Waals surface area contributed by atoms with Gasteiger partial charge < -0.3 is 11.1 Å². The largest absolute Gasteiger partial charge is 0.347 e. The van der Waals surface area contributed by atoms with Gasteiger partial charge in [0.25, 0.3) is 5.91 Å². The summed E-state index contributed by atoms with van der Waals surface area (Å²) < 4.78 is 1.80. The Balaban J connectivity index is 2.27. The first-order chi connectivity index (χ1) is 9.43. The Hall–Kier alpha value is -2.15. The second-order valence-electron chi connectivity index (χ2n) is 4.95. The summed E-state index contributed by atoms with van der Waals surface area (Å²) in [6, 6.07) is 1.66. The molecule has 0 aromatic carbocycles. The smallest absolute Gasteiger partial charge is 0.269 e. The van der Waals surface area contributed by atoms with E-state index in [4.69, 9.17) is 5.73 Å². The van der Waals surface area contributed by atoms with Gasteiger partial charge in [0, 0.05) is 30.9 Å². The van der Waals surface area contributed by atoms with Crippen LogP contribution in [0.1, 0.15) is 28.8 Å². The van der Waals surface area contributed by atoms with Crippen LogP contribution in [0.2, 0.25) is 0 Å². The van der Waals surface area contributed by atoms with Crippen LogP contribution in [-0.4, -0.2) is 38.5 Å². The number of hydrogen-bond donors (Lipinski definition) is 3. The lowest BCUT2D eigenvalue weighted by Gasteiger charge is -2.09. The molecule has 0 unspecified atom stereocenters. The number of aromatic nitrogens is 4. The van der Waals surface area contributed by atoms with Crippen LogP contribution in [0.4, 0.5) is 0 Å². The molecule has 20 heavy (non-hydrogen) atoms. The van der Waals surface area contributed by atoms with Gasteiger partial charge >= 0.3 is 0 Å². The number of rotatable bonds is 4. The summed E-state index contributed by atoms with van der Waals surface area (Å²) in [5.74, 6) is -0.208. The summed E-state index contributed by atoms with van der Waals surface area (Å²) >= 11 is 0. The lowest BCUT2D eigenvalue weighted by atomic mass is 10.1. The number of nitrogens with two attached hydrogens (primary N) is 1. The molecular formula is C13H20N6O. The van der Waals surface area contributed by atoms with E-state index in [1.54, 1.807) is 10.7 Å². The van der Waals surface area contributed by atoms with E-state index in [1.165, 1.54) is 0 Å². The van der Waals surface area contributed by atoms with E-state index in [1.807, 2.05) is 27.8 Å². The predicted molar refractivity (Wildman–Crippen MR) is 76.2 cm³/mol. The SMILES string of the molecule is Cc1nn(C)c(C)c1-c1cc(C(=O)N[C@@H](C)CN)[nH]n1. The van der Waals surface area contributed by atoms with Crippen molar-refractivity contribution in [2.75, 3.05) is 6.54 Å². The number of hydrogen-bond acceptors (Lipinski definition) is 4. The Kier molecular flexibility index (Phi) is 3.89. The van der Waals surface area contributed by atoms with Crippen molar-refractivity contribution in [1.29, 1.82) is 0 Å². The van der Waals surface area contributed by atoms with Gasteiger partial charge in [0.2, 0.25) is 0 Å². The number of H-pyrrole nitrogens is 1. The Morgan fingerprint density at radius 3 is 2.80 bits per heavy atom. The highest BCUT2D eigenvalue weighted by atomic mass is 16.2. The lowest BCUT2D eigenvalue weighted by Crippen LogP contribution is -2.37. The van der Waals surface area contributed by atoms with Gasteiger partial charge in [-0.05, 0) is 26.8 Å². The van der Waals surface area contributed by atoms with Crippen molar-refractivity contribution in [1.82, 2.24) is 25.3 Å². The molecule has 0 bridgehead atoms. The lowest BCUT2D eigenvalue weighted by molar-refractivity contribution is 0.0936. The van der Waals surface area contributed by atoms with Crippen LogP contribution in [0.5, 0.6) is 0 Å². The summed E-state index contributed by atoms with van der Waals surface area (Å²) in [6.45, 7) is 6.14. The molecule has 0 aliphatic rings. The average molecular weight is 276 g/mol. The molecule has 1 amide bonds. The summed E-state index contributed by atoms with van der Waals surface area (Å²) in [5, 5.41) is 14.1. The molecule has 2 rings (SSSR count). The molecule has 0 saturated carbocycles. The van der Waals surface area contributed by atoms with Crippen molar-refractivity contribution in [3.63, 3.8) is 0 Å². The fraction of sp³-hybridized carbons (Fsp3) is 0.462. The van der Waals surface area contributed by atoms with Crippen molar-refractivity contribution < 1.29 is 4.79 Å². The van der Waals surface area contributed by atoms with Crippen LogP contribution >= 0.6 is 0 Å². The number of carbonyl (C=O) groups excluding carboxylic acids is 1. The first-order valence-electron chi connectivity index (χ1n) is 6.51. The molecule has 4 N–H and O–H groups in total. The molecule has 7 heteroatoms. The van der Waals surface area contributed by atoms with E-state index < -0.39 is 0 Å². The van der Waals surface area contributed by atoms with Gasteiger partial charge in [-0.15, -0.1) is 0 Å². The fourth-order valence-electron chi connectivity index (χ4n) is 2.07. The molecule has 2 aromatic heterocycles. The van der Waals surface area contributed by atoms with E-state index in [2.05, 4.69) is 20.6 Å². The average Bonchev–Trinajstić information content (AvgIpc) is 2.96. The second-order valence-corrected chi connectivity index (χ2v) is 4.95. The molecule has 0 aliphatic carbocycles. The maximum Gasteiger partial charge on any atom is 0.269 e. The van der Waals surface area contributed by atoms with E-state index in [-0.39, 0.29) is 11.9 Å². The second kappa shape index (κ2) is 5.46. The molecule has 7 nitrogen and oxygen atoms in total. The minimum atomic E-state index is -0.208. The van der Waals surface area contributed by atoms with Crippen molar-refractivity contribution in [2.24, 2.45) is 12.8 Å². The predicted octanol–water partition coefficient (Wildman–Crippen LogP) is 0.504. The monoisotopic (exact) mass is 276 g/mol. The standard InChI is InChI=1S/C13H20N6O/c1-7(6-14)15-13(20)11-5-10(16-17-11)12-8(2)18-19(4)9(12)3/h5,7H,6,14H2,1-4H3,(H,15,20)(H,16,17)/t7-/m0/s1. The number of nitrogens with zero attached hydrogens (tertiary/aromatic N) is 3. The van der Waals surface area contributed by atoms with Crippen molar-refractivity contribution >= 4 is 5.91 Å². The molecule has 0 saturated heterocycles. The van der Waals surface area contributed by atoms with E-state index in [9.17, 15) is 4.79 Å². The van der Waals surface area contributed by atoms with Crippen LogP contribution in [0, 0.1) is 13.8 Å². The zero-order valence-corrected chi connectivity index (χ0v) is 12.2. The number of carbonyl (C=O) groups is 1. The summed E-state index contributed by atoms with van der Waals surface area (Å²) in [7, 11) is 1.88. The number of nitrogens with one attached hydrogen (secondary N) is 2. The third-order valence-electron chi connectivity index (χ3n) is 3.32. The molecule has 2 heterocycles. The zero-order valence-electron chi connectivity index (χ0n) is 12.2. The molecule has 2 aromatic rings. The maximum atomic E-state index is 12.0. The highest BCUT2D eigenvalue weighted by Gasteiger charge is 2.17. The summed E-state index contributed by atoms with van der Waals surface area (Å²) in [6.07, 6.45) is 0. The highest BCUT2D eigenvalue weighted by Crippen LogP contribution is 2.25. The molecule has 0 aliphatic heterocycles. The van der Waals surface area contributed by atoms with Gasteiger partial charge in [0.15, 0.2) is 0 Å². The van der Waals surface area contributed by atoms with Crippen molar-refractivity contribution in [3.8, 4) is 11.3 Å². The van der Waals surface area contributed by atoms with Crippen LogP contribution in [0.25, 0.3) is 11.3 Å². The third kappa shape index (κ3) is 2.57. The first kappa shape index (κ1) is 14.3. The molecular weight excluding hydrogens is 256 g/mol. The Bertz CT molecular complexity index is 627. The first-order valence-corrected chi connectivity index (χ1v) is 6.51. The van der Waals surface area contributed by atoms with Gasteiger partial charge in [-0.3, -0.25) is 14.6 Å². The molecule has 0 radical (unpaired) electrons. The molecule has 1 atom stereocenters. The Morgan fingerprint density at radius 2 is 2.25 bits per heavy atom. The minimum Gasteiger partial charge on any atom is -0.347 e. The van der Waals surface area contributed by atoms with Crippen molar-refractivity contribution in [2.45, 2.75) is 26.8 Å². The van der Waals surface area contributed by atoms with E-state index in [0.29, 0.717) is 12.2 Å². The van der Waals surface area contributed by atoms with Crippen LogP contribution in [-0.2, 0) is 7.05 Å². The molecule has 0 spiro atoms. The quantitative estimate of drug-likeness (QED) is 0.757. The van der Waals surface area contributed by atoms with Gasteiger partial charge in [0.05, 0.1) is 11.4 Å². The zero-order chi connectivity index (χ0) is 14.9. The minimum absolute atomic E-state index is 0.0730. The summed E-state index contributed by atoms with van der Waals surface area (Å²) in [5.41, 5.74) is 9.48. The third-order valence-corrected chi connectivity index (χ3v) is 3.32. The van der Waals surface area contributed by atoms with Crippen LogP contribution < -0.4 is 11.1 Å². The molecule has 108 valence electrons. The fourth-order valence-corrected chi connectivity index (χ4v) is 2.07. The number of aryl methyl sites for hydroxylation is 2. The van der Waals surface area contributed by atoms with E-state index in [0.717, 1.165) is 22.6 Å². The normalized spacial score (nSPS) is 12.4. The molecule has 0 fully saturated rings. The maximum absolute atomic E-state index is 12.0. The number of aromatic amines is 1. The van der Waals surface area contributed by atoms with E-state index >= 15 is 0 Å². The van der Waals surface area contributed by atoms with Crippen LogP contribution in [0.15, 0.2) is 6.07 Å². The van der Waals surface area contributed by atoms with Gasteiger partial charge in [-0.25, -0.2) is 0 Å². The summed E-state index contributed by atoms with van der Waals surface area (Å²) in [4.78, 5) is 12.0. The number of amides is 1. The van der Waals surface area contributed by atoms with Gasteiger partial charge in [0.1, 0.15) is 5.69 Å². The Morgan fingerprint density at radius 1 is 1.55 bits per heavy atom. The van der Waals surface area contributed by atoms with Crippen LogP contribution in [0.3, 0.4) is 0 Å². The Labute approximate surface area is 117 Å².